The second-order valence-corrected chi connectivity index (χ2v) is 6.80. The van der Waals surface area contributed by atoms with Crippen LogP contribution in [0.1, 0.15) is 32.3 Å². The molecule has 1 aliphatic rings. The van der Waals surface area contributed by atoms with Gasteiger partial charge in [0, 0.05) is 19.1 Å². The summed E-state index contributed by atoms with van der Waals surface area (Å²) >= 11 is 12.4. The Kier molecular flexibility index (Phi) is 6.16. The van der Waals surface area contributed by atoms with Crippen molar-refractivity contribution >= 4 is 23.2 Å². The molecular formula is C16H24Cl2N2. The number of hydrogen-bond donors (Lipinski definition) is 1. The average Bonchev–Trinajstić information content (AvgIpc) is 2.42. The van der Waals surface area contributed by atoms with E-state index in [2.05, 4.69) is 30.1 Å². The van der Waals surface area contributed by atoms with E-state index >= 15 is 0 Å². The zero-order chi connectivity index (χ0) is 14.5. The van der Waals surface area contributed by atoms with Crippen molar-refractivity contribution in [2.45, 2.75) is 39.3 Å². The Labute approximate surface area is 132 Å². The highest BCUT2D eigenvalue weighted by Gasteiger charge is 2.20. The molecule has 4 heteroatoms. The van der Waals surface area contributed by atoms with Crippen molar-refractivity contribution in [1.82, 2.24) is 10.2 Å². The van der Waals surface area contributed by atoms with E-state index in [9.17, 15) is 0 Å². The minimum atomic E-state index is 0.563. The first-order valence-corrected chi connectivity index (χ1v) is 8.20. The molecule has 1 heterocycles. The maximum Gasteiger partial charge on any atom is 0.0637 e. The lowest BCUT2D eigenvalue weighted by Crippen LogP contribution is -2.40. The van der Waals surface area contributed by atoms with Gasteiger partial charge in [0.1, 0.15) is 0 Å². The smallest absolute Gasteiger partial charge is 0.0637 e. The van der Waals surface area contributed by atoms with E-state index in [4.69, 9.17) is 23.2 Å². The summed E-state index contributed by atoms with van der Waals surface area (Å²) in [5.41, 5.74) is 1.14. The maximum atomic E-state index is 6.28. The van der Waals surface area contributed by atoms with Gasteiger partial charge in [-0.15, -0.1) is 0 Å². The molecule has 0 spiro atoms. The van der Waals surface area contributed by atoms with Gasteiger partial charge in [0.25, 0.3) is 0 Å². The summed E-state index contributed by atoms with van der Waals surface area (Å²) in [4.78, 5) is 2.49. The fraction of sp³-hybridized carbons (Fsp3) is 0.625. The molecule has 1 saturated heterocycles. The Morgan fingerprint density at radius 1 is 1.35 bits per heavy atom. The molecule has 20 heavy (non-hydrogen) atoms. The highest BCUT2D eigenvalue weighted by atomic mass is 35.5. The SMILES string of the molecule is CC(C)NCC1CCCN(Cc2cccc(Cl)c2Cl)C1. The van der Waals surface area contributed by atoms with E-state index in [1.165, 1.54) is 12.8 Å². The van der Waals surface area contributed by atoms with Crippen LogP contribution >= 0.6 is 23.2 Å². The zero-order valence-electron chi connectivity index (χ0n) is 12.3. The van der Waals surface area contributed by atoms with Crippen molar-refractivity contribution in [3.8, 4) is 0 Å². The second kappa shape index (κ2) is 7.65. The summed E-state index contributed by atoms with van der Waals surface area (Å²) in [6.45, 7) is 8.71. The third-order valence-corrected chi connectivity index (χ3v) is 4.70. The number of likely N-dealkylation sites (tertiary alicyclic amines) is 1. The van der Waals surface area contributed by atoms with Gasteiger partial charge in [0.15, 0.2) is 0 Å². The largest absolute Gasteiger partial charge is 0.314 e. The van der Waals surface area contributed by atoms with Crippen LogP contribution in [-0.2, 0) is 6.54 Å². The molecule has 0 radical (unpaired) electrons. The summed E-state index contributed by atoms with van der Waals surface area (Å²) in [6, 6.07) is 6.46. The molecule has 0 saturated carbocycles. The van der Waals surface area contributed by atoms with Crippen LogP contribution in [0.3, 0.4) is 0 Å². The van der Waals surface area contributed by atoms with E-state index in [0.717, 1.165) is 37.7 Å². The predicted octanol–water partition coefficient (Wildman–Crippen LogP) is 4.20. The van der Waals surface area contributed by atoms with E-state index in [1.807, 2.05) is 12.1 Å². The van der Waals surface area contributed by atoms with Crippen LogP contribution in [0.15, 0.2) is 18.2 Å². The van der Waals surface area contributed by atoms with Crippen molar-refractivity contribution < 1.29 is 0 Å². The van der Waals surface area contributed by atoms with Gasteiger partial charge in [-0.2, -0.15) is 0 Å². The number of rotatable bonds is 5. The Bertz CT molecular complexity index is 434. The van der Waals surface area contributed by atoms with Crippen molar-refractivity contribution in [3.05, 3.63) is 33.8 Å². The second-order valence-electron chi connectivity index (χ2n) is 6.02. The molecule has 1 unspecified atom stereocenters. The predicted molar refractivity (Wildman–Crippen MR) is 87.6 cm³/mol. The van der Waals surface area contributed by atoms with Gasteiger partial charge < -0.3 is 5.32 Å². The number of nitrogens with zero attached hydrogens (tertiary/aromatic N) is 1. The first-order valence-electron chi connectivity index (χ1n) is 7.45. The molecule has 112 valence electrons. The summed E-state index contributed by atoms with van der Waals surface area (Å²) in [5, 5.41) is 4.90. The Hall–Kier alpha value is -0.280. The molecule has 1 aliphatic heterocycles. The number of hydrogen-bond acceptors (Lipinski definition) is 2. The summed E-state index contributed by atoms with van der Waals surface area (Å²) in [7, 11) is 0. The maximum absolute atomic E-state index is 6.28. The topological polar surface area (TPSA) is 15.3 Å². The molecule has 1 aromatic carbocycles. The summed E-state index contributed by atoms with van der Waals surface area (Å²) < 4.78 is 0. The van der Waals surface area contributed by atoms with Gasteiger partial charge >= 0.3 is 0 Å². The summed E-state index contributed by atoms with van der Waals surface area (Å²) in [5.74, 6) is 0.740. The first kappa shape index (κ1) is 16.1. The Morgan fingerprint density at radius 3 is 2.90 bits per heavy atom. The highest BCUT2D eigenvalue weighted by Crippen LogP contribution is 2.27. The van der Waals surface area contributed by atoms with Crippen LogP contribution in [-0.4, -0.2) is 30.6 Å². The van der Waals surface area contributed by atoms with E-state index in [1.54, 1.807) is 0 Å². The minimum Gasteiger partial charge on any atom is -0.314 e. The lowest BCUT2D eigenvalue weighted by molar-refractivity contribution is 0.164. The third kappa shape index (κ3) is 4.63. The van der Waals surface area contributed by atoms with Crippen LogP contribution < -0.4 is 5.32 Å². The van der Waals surface area contributed by atoms with Gasteiger partial charge in [0.05, 0.1) is 10.0 Å². The number of halogens is 2. The van der Waals surface area contributed by atoms with Gasteiger partial charge in [-0.25, -0.2) is 0 Å². The standard InChI is InChI=1S/C16H24Cl2N2/c1-12(2)19-9-13-5-4-8-20(10-13)11-14-6-3-7-15(17)16(14)18/h3,6-7,12-13,19H,4-5,8-11H2,1-2H3. The number of nitrogens with one attached hydrogen (secondary N) is 1. The zero-order valence-corrected chi connectivity index (χ0v) is 13.8. The van der Waals surface area contributed by atoms with Gasteiger partial charge in [0.2, 0.25) is 0 Å². The van der Waals surface area contributed by atoms with Crippen LogP contribution in [0.4, 0.5) is 0 Å². The lowest BCUT2D eigenvalue weighted by atomic mass is 9.97. The van der Waals surface area contributed by atoms with Crippen molar-refractivity contribution in [2.75, 3.05) is 19.6 Å². The molecule has 2 nitrogen and oxygen atoms in total. The quantitative estimate of drug-likeness (QED) is 0.876. The molecule has 1 aromatic rings. The molecular weight excluding hydrogens is 291 g/mol. The van der Waals surface area contributed by atoms with Gasteiger partial charge in [-0.05, 0) is 43.5 Å². The van der Waals surface area contributed by atoms with E-state index in [0.29, 0.717) is 16.1 Å². The normalized spacial score (nSPS) is 20.6. The summed E-state index contributed by atoms with van der Waals surface area (Å²) in [6.07, 6.45) is 2.59. The number of benzene rings is 1. The number of piperidine rings is 1. The first-order chi connectivity index (χ1) is 9.56. The highest BCUT2D eigenvalue weighted by molar-refractivity contribution is 6.42. The lowest BCUT2D eigenvalue weighted by Gasteiger charge is -2.33. The van der Waals surface area contributed by atoms with Crippen LogP contribution in [0.2, 0.25) is 10.0 Å². The Balaban J connectivity index is 1.91. The third-order valence-electron chi connectivity index (χ3n) is 3.84. The van der Waals surface area contributed by atoms with E-state index < -0.39 is 0 Å². The fourth-order valence-corrected chi connectivity index (χ4v) is 3.16. The van der Waals surface area contributed by atoms with Crippen LogP contribution in [0.5, 0.6) is 0 Å². The van der Waals surface area contributed by atoms with E-state index in [-0.39, 0.29) is 0 Å². The molecule has 1 atom stereocenters. The van der Waals surface area contributed by atoms with Crippen LogP contribution in [0.25, 0.3) is 0 Å². The fourth-order valence-electron chi connectivity index (χ4n) is 2.78. The van der Waals surface area contributed by atoms with Crippen LogP contribution in [0, 0.1) is 5.92 Å². The molecule has 0 aliphatic carbocycles. The van der Waals surface area contributed by atoms with Crippen molar-refractivity contribution in [3.63, 3.8) is 0 Å². The molecule has 0 aromatic heterocycles. The molecule has 0 amide bonds. The molecule has 1 N–H and O–H groups in total. The van der Waals surface area contributed by atoms with Gasteiger partial charge in [-0.1, -0.05) is 49.2 Å². The minimum absolute atomic E-state index is 0.563. The molecule has 2 rings (SSSR count). The average molecular weight is 315 g/mol. The molecule has 0 bridgehead atoms. The Morgan fingerprint density at radius 2 is 2.15 bits per heavy atom. The van der Waals surface area contributed by atoms with Gasteiger partial charge in [-0.3, -0.25) is 4.90 Å². The monoisotopic (exact) mass is 314 g/mol. The van der Waals surface area contributed by atoms with Crippen molar-refractivity contribution in [1.29, 1.82) is 0 Å². The van der Waals surface area contributed by atoms with Crippen molar-refractivity contribution in [2.24, 2.45) is 5.92 Å². The molecule has 1 fully saturated rings.